The molecule has 2 unspecified atom stereocenters. The van der Waals surface area contributed by atoms with Crippen molar-refractivity contribution in [2.45, 2.75) is 39.4 Å². The fourth-order valence-corrected chi connectivity index (χ4v) is 5.23. The van der Waals surface area contributed by atoms with Gasteiger partial charge in [-0.25, -0.2) is 4.79 Å². The number of pyridine rings is 1. The third kappa shape index (κ3) is 4.10. The minimum atomic E-state index is -0.945. The zero-order chi connectivity index (χ0) is 24.7. The number of benzene rings is 1. The van der Waals surface area contributed by atoms with Crippen LogP contribution >= 0.6 is 12.2 Å². The SMILES string of the molecule is Cc1ccc(C(=O)O)cc1-n1c(C)cc(C2C(c3ccccn3)NC(=S)N2Cc2ccco2)c1C. The number of carbonyl (C=O) groups is 1. The van der Waals surface area contributed by atoms with E-state index in [1.165, 1.54) is 0 Å². The van der Waals surface area contributed by atoms with Crippen LogP contribution < -0.4 is 5.32 Å². The summed E-state index contributed by atoms with van der Waals surface area (Å²) < 4.78 is 7.77. The van der Waals surface area contributed by atoms with Crippen molar-refractivity contribution >= 4 is 23.3 Å². The van der Waals surface area contributed by atoms with Gasteiger partial charge in [0.25, 0.3) is 0 Å². The Bertz CT molecular complexity index is 1400. The maximum atomic E-state index is 11.7. The molecule has 0 radical (unpaired) electrons. The minimum Gasteiger partial charge on any atom is -0.478 e. The molecule has 0 amide bonds. The fourth-order valence-electron chi connectivity index (χ4n) is 4.93. The summed E-state index contributed by atoms with van der Waals surface area (Å²) in [6.45, 7) is 6.61. The molecule has 4 heterocycles. The minimum absolute atomic E-state index is 0.134. The van der Waals surface area contributed by atoms with Crippen LogP contribution in [0.3, 0.4) is 0 Å². The number of aromatic nitrogens is 2. The summed E-state index contributed by atoms with van der Waals surface area (Å²) in [5.74, 6) is -0.126. The highest BCUT2D eigenvalue weighted by atomic mass is 32.1. The number of rotatable bonds is 6. The van der Waals surface area contributed by atoms with E-state index in [9.17, 15) is 9.90 Å². The van der Waals surface area contributed by atoms with Gasteiger partial charge in [-0.15, -0.1) is 0 Å². The number of furan rings is 1. The molecule has 4 aromatic rings. The summed E-state index contributed by atoms with van der Waals surface area (Å²) in [5.41, 5.74) is 6.14. The van der Waals surface area contributed by atoms with Gasteiger partial charge in [-0.05, 0) is 86.6 Å². The monoisotopic (exact) mass is 486 g/mol. The van der Waals surface area contributed by atoms with Crippen molar-refractivity contribution in [3.63, 3.8) is 0 Å². The molecule has 3 aromatic heterocycles. The molecule has 0 spiro atoms. The summed E-state index contributed by atoms with van der Waals surface area (Å²) >= 11 is 5.78. The predicted octanol–water partition coefficient (Wildman–Crippen LogP) is 5.26. The molecule has 1 aliphatic rings. The van der Waals surface area contributed by atoms with Gasteiger partial charge in [0.05, 0.1) is 36.1 Å². The van der Waals surface area contributed by atoms with Gasteiger partial charge in [-0.2, -0.15) is 0 Å². The van der Waals surface area contributed by atoms with Gasteiger partial charge in [0.2, 0.25) is 0 Å². The summed E-state index contributed by atoms with van der Waals surface area (Å²) in [6.07, 6.45) is 3.45. The van der Waals surface area contributed by atoms with Gasteiger partial charge in [0.15, 0.2) is 5.11 Å². The summed E-state index contributed by atoms with van der Waals surface area (Å²) in [7, 11) is 0. The predicted molar refractivity (Wildman–Crippen MR) is 137 cm³/mol. The Morgan fingerprint density at radius 2 is 1.97 bits per heavy atom. The molecule has 1 aliphatic heterocycles. The summed E-state index contributed by atoms with van der Waals surface area (Å²) in [4.78, 5) is 18.4. The van der Waals surface area contributed by atoms with Gasteiger partial charge < -0.3 is 24.3 Å². The number of hydrogen-bond acceptors (Lipinski definition) is 4. The van der Waals surface area contributed by atoms with Gasteiger partial charge in [-0.1, -0.05) is 12.1 Å². The first-order valence-corrected chi connectivity index (χ1v) is 11.8. The van der Waals surface area contributed by atoms with Crippen molar-refractivity contribution in [1.82, 2.24) is 19.8 Å². The van der Waals surface area contributed by atoms with Crippen LogP contribution in [0.15, 0.2) is 71.5 Å². The third-order valence-corrected chi connectivity index (χ3v) is 6.94. The molecule has 178 valence electrons. The highest BCUT2D eigenvalue weighted by molar-refractivity contribution is 7.80. The molecule has 2 atom stereocenters. The lowest BCUT2D eigenvalue weighted by Crippen LogP contribution is -2.29. The Kier molecular flexibility index (Phi) is 5.90. The number of carboxylic acids is 1. The lowest BCUT2D eigenvalue weighted by Gasteiger charge is -2.27. The molecule has 5 rings (SSSR count). The van der Waals surface area contributed by atoms with E-state index in [4.69, 9.17) is 16.6 Å². The second-order valence-corrected chi connectivity index (χ2v) is 9.19. The Hall–Kier alpha value is -3.91. The molecular formula is C27H26N4O3S. The Balaban J connectivity index is 1.65. The van der Waals surface area contributed by atoms with Crippen molar-refractivity contribution in [3.05, 3.63) is 107 Å². The number of nitrogens with one attached hydrogen (secondary N) is 1. The lowest BCUT2D eigenvalue weighted by molar-refractivity contribution is 0.0697. The van der Waals surface area contributed by atoms with E-state index < -0.39 is 5.97 Å². The van der Waals surface area contributed by atoms with Crippen molar-refractivity contribution < 1.29 is 14.3 Å². The van der Waals surface area contributed by atoms with Crippen LogP contribution in [0.1, 0.15) is 56.4 Å². The Labute approximate surface area is 209 Å². The average Bonchev–Trinajstić information content (AvgIpc) is 3.54. The molecule has 1 saturated heterocycles. The number of nitrogens with zero attached hydrogens (tertiary/aromatic N) is 3. The number of aromatic carboxylic acids is 1. The lowest BCUT2D eigenvalue weighted by atomic mass is 9.96. The zero-order valence-corrected chi connectivity index (χ0v) is 20.5. The fraction of sp³-hybridized carbons (Fsp3) is 0.222. The van der Waals surface area contributed by atoms with Gasteiger partial charge in [0, 0.05) is 23.3 Å². The standard InChI is InChI=1S/C27H26N4O3S/c1-16-9-10-19(26(32)33)14-23(16)31-17(2)13-21(18(31)3)25-24(22-8-4-5-11-28-22)29-27(35)30(25)15-20-7-6-12-34-20/h4-14,24-25H,15H2,1-3H3,(H,29,35)(H,32,33). The van der Waals surface area contributed by atoms with E-state index in [1.54, 1.807) is 24.6 Å². The number of carboxylic acid groups (broad SMARTS) is 1. The van der Waals surface area contributed by atoms with Crippen molar-refractivity contribution in [3.8, 4) is 5.69 Å². The normalized spacial score (nSPS) is 17.6. The first-order chi connectivity index (χ1) is 16.8. The smallest absolute Gasteiger partial charge is 0.335 e. The molecule has 0 saturated carbocycles. The van der Waals surface area contributed by atoms with Gasteiger partial charge >= 0.3 is 5.97 Å². The maximum Gasteiger partial charge on any atom is 0.335 e. The number of aryl methyl sites for hydroxylation is 2. The third-order valence-electron chi connectivity index (χ3n) is 6.59. The van der Waals surface area contributed by atoms with Gasteiger partial charge in [0.1, 0.15) is 5.76 Å². The second-order valence-electron chi connectivity index (χ2n) is 8.80. The van der Waals surface area contributed by atoms with E-state index in [2.05, 4.69) is 32.8 Å². The van der Waals surface area contributed by atoms with Crippen molar-refractivity contribution in [2.75, 3.05) is 0 Å². The zero-order valence-electron chi connectivity index (χ0n) is 19.7. The summed E-state index contributed by atoms with van der Waals surface area (Å²) in [6, 6.07) is 16.8. The van der Waals surface area contributed by atoms with Crippen molar-refractivity contribution in [2.24, 2.45) is 0 Å². The second kappa shape index (κ2) is 9.03. The topological polar surface area (TPSA) is 83.5 Å². The van der Waals surface area contributed by atoms with Crippen molar-refractivity contribution in [1.29, 1.82) is 0 Å². The summed E-state index contributed by atoms with van der Waals surface area (Å²) in [5, 5.41) is 13.7. The van der Waals surface area contributed by atoms with E-state index in [1.807, 2.05) is 50.2 Å². The average molecular weight is 487 g/mol. The van der Waals surface area contributed by atoms with Gasteiger partial charge in [-0.3, -0.25) is 4.98 Å². The molecule has 0 bridgehead atoms. The molecule has 2 N–H and O–H groups in total. The van der Waals surface area contributed by atoms with E-state index in [0.717, 1.165) is 39.7 Å². The van der Waals surface area contributed by atoms with Crippen LogP contribution in [0.2, 0.25) is 0 Å². The molecule has 0 aliphatic carbocycles. The molecule has 1 aromatic carbocycles. The molecule has 35 heavy (non-hydrogen) atoms. The highest BCUT2D eigenvalue weighted by Crippen LogP contribution is 2.42. The number of hydrogen-bond donors (Lipinski definition) is 2. The molecule has 1 fully saturated rings. The van der Waals surface area contributed by atoms with E-state index in [-0.39, 0.29) is 17.6 Å². The quantitative estimate of drug-likeness (QED) is 0.360. The van der Waals surface area contributed by atoms with Crippen LogP contribution in [0.5, 0.6) is 0 Å². The largest absolute Gasteiger partial charge is 0.478 e. The maximum absolute atomic E-state index is 11.7. The first kappa shape index (κ1) is 22.9. The molecule has 8 heteroatoms. The van der Waals surface area contributed by atoms with Crippen LogP contribution in [0, 0.1) is 20.8 Å². The number of thiocarbonyl (C=S) groups is 1. The van der Waals surface area contributed by atoms with E-state index >= 15 is 0 Å². The van der Waals surface area contributed by atoms with Crippen LogP contribution in [-0.2, 0) is 6.54 Å². The van der Waals surface area contributed by atoms with Crippen LogP contribution in [0.4, 0.5) is 0 Å². The Morgan fingerprint density at radius 3 is 2.66 bits per heavy atom. The molecule has 7 nitrogen and oxygen atoms in total. The first-order valence-electron chi connectivity index (χ1n) is 11.4. The molecular weight excluding hydrogens is 460 g/mol. The Morgan fingerprint density at radius 1 is 1.14 bits per heavy atom. The van der Waals surface area contributed by atoms with Crippen LogP contribution in [-0.4, -0.2) is 30.6 Å². The highest BCUT2D eigenvalue weighted by Gasteiger charge is 2.41. The van der Waals surface area contributed by atoms with E-state index in [0.29, 0.717) is 11.7 Å². The van der Waals surface area contributed by atoms with Crippen LogP contribution in [0.25, 0.3) is 5.69 Å².